The van der Waals surface area contributed by atoms with E-state index in [9.17, 15) is 9.18 Å². The van der Waals surface area contributed by atoms with Gasteiger partial charge in [0.2, 0.25) is 0 Å². The molecule has 1 aromatic heterocycles. The Morgan fingerprint density at radius 2 is 2.06 bits per heavy atom. The summed E-state index contributed by atoms with van der Waals surface area (Å²) in [7, 11) is 0. The molecule has 0 saturated carbocycles. The Kier molecular flexibility index (Phi) is 2.93. The van der Waals surface area contributed by atoms with Crippen LogP contribution in [0.3, 0.4) is 0 Å². The molecule has 0 aliphatic carbocycles. The highest BCUT2D eigenvalue weighted by atomic mass is 19.1. The van der Waals surface area contributed by atoms with Crippen molar-refractivity contribution >= 4 is 6.29 Å². The molecule has 0 spiro atoms. The Bertz CT molecular complexity index is 617. The number of carbonyl (C=O) groups excluding carboxylic acids is 1. The number of rotatable bonds is 2. The summed E-state index contributed by atoms with van der Waals surface area (Å²) in [5.74, 6) is -0.562. The second-order valence-electron chi connectivity index (χ2n) is 3.43. The highest BCUT2D eigenvalue weighted by Gasteiger charge is 2.05. The number of halogens is 1. The smallest absolute Gasteiger partial charge is 0.153 e. The topological polar surface area (TPSA) is 53.8 Å². The maximum atomic E-state index is 13.1. The van der Waals surface area contributed by atoms with E-state index in [1.807, 2.05) is 6.07 Å². The molecule has 0 bridgehead atoms. The molecule has 3 nitrogen and oxygen atoms in total. The predicted octanol–water partition coefficient (Wildman–Crippen LogP) is 2.57. The number of nitriles is 1. The van der Waals surface area contributed by atoms with E-state index < -0.39 is 5.82 Å². The van der Waals surface area contributed by atoms with Crippen LogP contribution in [-0.2, 0) is 0 Å². The number of aldehydes is 1. The highest BCUT2D eigenvalue weighted by Crippen LogP contribution is 2.21. The second kappa shape index (κ2) is 4.54. The third-order valence-corrected chi connectivity index (χ3v) is 2.32. The number of hydrogen-bond donors (Lipinski definition) is 0. The van der Waals surface area contributed by atoms with Gasteiger partial charge in [-0.2, -0.15) is 5.26 Å². The molecule has 82 valence electrons. The maximum absolute atomic E-state index is 13.1. The van der Waals surface area contributed by atoms with E-state index in [1.165, 1.54) is 18.3 Å². The van der Waals surface area contributed by atoms with E-state index in [-0.39, 0.29) is 5.56 Å². The lowest BCUT2D eigenvalue weighted by Gasteiger charge is -2.03. The van der Waals surface area contributed by atoms with Crippen molar-refractivity contribution in [1.82, 2.24) is 4.98 Å². The Hall–Kier alpha value is -2.54. The lowest BCUT2D eigenvalue weighted by Crippen LogP contribution is -1.89. The number of pyridine rings is 1. The van der Waals surface area contributed by atoms with E-state index in [1.54, 1.807) is 18.3 Å². The molecule has 0 radical (unpaired) electrons. The summed E-state index contributed by atoms with van der Waals surface area (Å²) in [6, 6.07) is 7.80. The lowest BCUT2D eigenvalue weighted by atomic mass is 10.0. The number of nitrogens with zero attached hydrogens (tertiary/aromatic N) is 2. The first-order valence-electron chi connectivity index (χ1n) is 4.85. The van der Waals surface area contributed by atoms with E-state index in [0.717, 1.165) is 0 Å². The van der Waals surface area contributed by atoms with Crippen molar-refractivity contribution in [3.63, 3.8) is 0 Å². The fourth-order valence-electron chi connectivity index (χ4n) is 1.47. The van der Waals surface area contributed by atoms with E-state index >= 15 is 0 Å². The minimum Gasteiger partial charge on any atom is -0.298 e. The van der Waals surface area contributed by atoms with Crippen LogP contribution in [0.5, 0.6) is 0 Å². The summed E-state index contributed by atoms with van der Waals surface area (Å²) in [6.07, 6.45) is 3.46. The number of benzene rings is 1. The summed E-state index contributed by atoms with van der Waals surface area (Å²) >= 11 is 0. The summed E-state index contributed by atoms with van der Waals surface area (Å²) < 4.78 is 13.1. The predicted molar refractivity (Wildman–Crippen MR) is 59.7 cm³/mol. The fourth-order valence-corrected chi connectivity index (χ4v) is 1.47. The van der Waals surface area contributed by atoms with Crippen LogP contribution >= 0.6 is 0 Å². The molecule has 4 heteroatoms. The first kappa shape index (κ1) is 11.0. The van der Waals surface area contributed by atoms with Gasteiger partial charge >= 0.3 is 0 Å². The Balaban J connectivity index is 2.53. The van der Waals surface area contributed by atoms with Gasteiger partial charge < -0.3 is 0 Å². The first-order chi connectivity index (χ1) is 8.24. The van der Waals surface area contributed by atoms with Gasteiger partial charge in [-0.1, -0.05) is 6.07 Å². The van der Waals surface area contributed by atoms with Gasteiger partial charge in [0.05, 0.1) is 11.1 Å². The van der Waals surface area contributed by atoms with Crippen LogP contribution in [0.1, 0.15) is 15.9 Å². The molecule has 0 aliphatic rings. The van der Waals surface area contributed by atoms with Crippen molar-refractivity contribution in [3.8, 4) is 17.2 Å². The van der Waals surface area contributed by atoms with E-state index in [0.29, 0.717) is 23.0 Å². The van der Waals surface area contributed by atoms with Gasteiger partial charge in [0.25, 0.3) is 0 Å². The van der Waals surface area contributed by atoms with Crippen LogP contribution in [0, 0.1) is 17.1 Å². The zero-order chi connectivity index (χ0) is 12.3. The lowest BCUT2D eigenvalue weighted by molar-refractivity contribution is 0.112. The molecule has 17 heavy (non-hydrogen) atoms. The third kappa shape index (κ3) is 2.18. The van der Waals surface area contributed by atoms with Crippen LogP contribution in [-0.4, -0.2) is 11.3 Å². The van der Waals surface area contributed by atoms with E-state index in [2.05, 4.69) is 4.98 Å². The van der Waals surface area contributed by atoms with Crippen LogP contribution in [0.25, 0.3) is 11.1 Å². The minimum atomic E-state index is -0.562. The van der Waals surface area contributed by atoms with Crippen molar-refractivity contribution in [3.05, 3.63) is 53.6 Å². The second-order valence-corrected chi connectivity index (χ2v) is 3.43. The molecule has 2 rings (SSSR count). The summed E-state index contributed by atoms with van der Waals surface area (Å²) in [5, 5.41) is 8.75. The fraction of sp³-hybridized carbons (Fsp3) is 0. The largest absolute Gasteiger partial charge is 0.298 e. The van der Waals surface area contributed by atoms with Crippen LogP contribution in [0.4, 0.5) is 4.39 Å². The first-order valence-corrected chi connectivity index (χ1v) is 4.85. The monoisotopic (exact) mass is 226 g/mol. The van der Waals surface area contributed by atoms with Crippen molar-refractivity contribution < 1.29 is 9.18 Å². The van der Waals surface area contributed by atoms with Crippen molar-refractivity contribution in [1.29, 1.82) is 5.26 Å². The quantitative estimate of drug-likeness (QED) is 0.739. The molecule has 0 aliphatic heterocycles. The number of carbonyl (C=O) groups is 1. The van der Waals surface area contributed by atoms with Gasteiger partial charge in [0.1, 0.15) is 11.9 Å². The van der Waals surface area contributed by atoms with Crippen LogP contribution < -0.4 is 0 Å². The van der Waals surface area contributed by atoms with Gasteiger partial charge in [0, 0.05) is 18.0 Å². The highest BCUT2D eigenvalue weighted by molar-refractivity contribution is 5.79. The SMILES string of the molecule is N#Cc1cncc(-c2ccc(F)c(C=O)c2)c1. The van der Waals surface area contributed by atoms with Crippen molar-refractivity contribution in [2.45, 2.75) is 0 Å². The number of aromatic nitrogens is 1. The van der Waals surface area contributed by atoms with E-state index in [4.69, 9.17) is 5.26 Å². The molecule has 1 aromatic carbocycles. The molecule has 0 unspecified atom stereocenters. The molecule has 1 heterocycles. The molecular weight excluding hydrogens is 219 g/mol. The number of hydrogen-bond acceptors (Lipinski definition) is 3. The summed E-state index contributed by atoms with van der Waals surface area (Å²) in [4.78, 5) is 14.5. The van der Waals surface area contributed by atoms with Gasteiger partial charge in [-0.15, -0.1) is 0 Å². The third-order valence-electron chi connectivity index (χ3n) is 2.32. The zero-order valence-corrected chi connectivity index (χ0v) is 8.72. The van der Waals surface area contributed by atoms with Gasteiger partial charge in [-0.05, 0) is 23.8 Å². The summed E-state index contributed by atoms with van der Waals surface area (Å²) in [6.45, 7) is 0. The summed E-state index contributed by atoms with van der Waals surface area (Å²) in [5.41, 5.74) is 1.73. The molecule has 0 N–H and O–H groups in total. The normalized spacial score (nSPS) is 9.65. The molecule has 0 saturated heterocycles. The average molecular weight is 226 g/mol. The molecule has 2 aromatic rings. The Labute approximate surface area is 97.2 Å². The van der Waals surface area contributed by atoms with Gasteiger partial charge in [-0.25, -0.2) is 4.39 Å². The van der Waals surface area contributed by atoms with Crippen molar-refractivity contribution in [2.24, 2.45) is 0 Å². The van der Waals surface area contributed by atoms with Crippen molar-refractivity contribution in [2.75, 3.05) is 0 Å². The molecule has 0 fully saturated rings. The average Bonchev–Trinajstić information content (AvgIpc) is 2.39. The van der Waals surface area contributed by atoms with Crippen LogP contribution in [0.15, 0.2) is 36.7 Å². The zero-order valence-electron chi connectivity index (χ0n) is 8.72. The maximum Gasteiger partial charge on any atom is 0.153 e. The van der Waals surface area contributed by atoms with Crippen LogP contribution in [0.2, 0.25) is 0 Å². The molecule has 0 atom stereocenters. The molecule has 0 amide bonds. The van der Waals surface area contributed by atoms with Gasteiger partial charge in [-0.3, -0.25) is 9.78 Å². The minimum absolute atomic E-state index is 0.00939. The Morgan fingerprint density at radius 1 is 1.24 bits per heavy atom. The standard InChI is InChI=1S/C13H7FN2O/c14-13-2-1-10(4-12(13)8-17)11-3-9(5-15)6-16-7-11/h1-4,6-8H. The Morgan fingerprint density at radius 3 is 2.76 bits per heavy atom. The van der Waals surface area contributed by atoms with Gasteiger partial charge in [0.15, 0.2) is 6.29 Å². The molecular formula is C13H7FN2O.